The molecule has 1 heteroatoms. The Morgan fingerprint density at radius 1 is 0.923 bits per heavy atom. The maximum atomic E-state index is 3.68. The van der Waals surface area contributed by atoms with Gasteiger partial charge in [-0.05, 0) is 0 Å². The summed E-state index contributed by atoms with van der Waals surface area (Å²) in [6.45, 7) is 9.27. The Labute approximate surface area is 88.4 Å². The van der Waals surface area contributed by atoms with Crippen LogP contribution in [0, 0.1) is 9.86 Å². The molecule has 13 heavy (non-hydrogen) atoms. The third-order valence-electron chi connectivity index (χ3n) is 3.04. The van der Waals surface area contributed by atoms with Crippen LogP contribution >= 0.6 is 0 Å². The Bertz CT molecular complexity index is 161. The van der Waals surface area contributed by atoms with Crippen molar-refractivity contribution in [1.82, 2.24) is 0 Å². The van der Waals surface area contributed by atoms with Gasteiger partial charge in [0.2, 0.25) is 0 Å². The molecule has 0 aliphatic carbocycles. The van der Waals surface area contributed by atoms with Gasteiger partial charge in [-0.1, -0.05) is 0 Å². The molecular weight excluding hydrogens is 263 g/mol. The molecular formula is C12H24Sn. The van der Waals surface area contributed by atoms with E-state index in [1.165, 1.54) is 26.2 Å². The average Bonchev–Trinajstić information content (AvgIpc) is 2.20. The first kappa shape index (κ1) is 13.4. The van der Waals surface area contributed by atoms with E-state index in [9.17, 15) is 0 Å². The Kier molecular flexibility index (Phi) is 7.95. The van der Waals surface area contributed by atoms with Crippen LogP contribution in [0.3, 0.4) is 0 Å². The molecule has 0 aliphatic rings. The van der Waals surface area contributed by atoms with Crippen molar-refractivity contribution in [3.05, 3.63) is 0 Å². The number of rotatable bonds is 5. The van der Waals surface area contributed by atoms with Gasteiger partial charge in [0.05, 0.1) is 0 Å². The summed E-state index contributed by atoms with van der Waals surface area (Å²) in [5.74, 6) is 3.42. The van der Waals surface area contributed by atoms with Gasteiger partial charge in [0.1, 0.15) is 0 Å². The second-order valence-corrected chi connectivity index (χ2v) is 17.8. The molecule has 0 nitrogen and oxygen atoms in total. The van der Waals surface area contributed by atoms with E-state index in [4.69, 9.17) is 0 Å². The standard InChI is InChI=1S/C6H9.3C2H5.Sn/c1-3-5-6-4-2;3*1-2;/h3,5-6H2,1H3;3*1H2,2H3;. The number of hydrogen-bond acceptors (Lipinski definition) is 0. The van der Waals surface area contributed by atoms with Crippen molar-refractivity contribution in [3.63, 3.8) is 0 Å². The van der Waals surface area contributed by atoms with E-state index >= 15 is 0 Å². The molecule has 0 atom stereocenters. The van der Waals surface area contributed by atoms with E-state index in [0.717, 1.165) is 6.42 Å². The molecule has 0 rings (SSSR count). The summed E-state index contributed by atoms with van der Waals surface area (Å²) in [6.07, 6.45) is 3.70. The van der Waals surface area contributed by atoms with E-state index < -0.39 is 18.4 Å². The molecule has 0 aromatic heterocycles. The Morgan fingerprint density at radius 2 is 1.46 bits per heavy atom. The zero-order valence-corrected chi connectivity index (χ0v) is 12.6. The molecule has 0 bridgehead atoms. The van der Waals surface area contributed by atoms with Crippen molar-refractivity contribution in [2.75, 3.05) is 0 Å². The average molecular weight is 287 g/mol. The van der Waals surface area contributed by atoms with Gasteiger partial charge in [0, 0.05) is 0 Å². The molecule has 76 valence electrons. The van der Waals surface area contributed by atoms with Crippen molar-refractivity contribution in [1.29, 1.82) is 0 Å². The summed E-state index contributed by atoms with van der Waals surface area (Å²) in [4.78, 5) is 0. The monoisotopic (exact) mass is 288 g/mol. The molecule has 0 radical (unpaired) electrons. The van der Waals surface area contributed by atoms with Crippen molar-refractivity contribution in [2.24, 2.45) is 0 Å². The van der Waals surface area contributed by atoms with E-state index in [2.05, 4.69) is 37.6 Å². The molecule has 0 aromatic carbocycles. The van der Waals surface area contributed by atoms with Gasteiger partial charge in [-0.2, -0.15) is 0 Å². The fraction of sp³-hybridized carbons (Fsp3) is 0.833. The van der Waals surface area contributed by atoms with Crippen molar-refractivity contribution < 1.29 is 0 Å². The Morgan fingerprint density at radius 3 is 1.85 bits per heavy atom. The summed E-state index contributed by atoms with van der Waals surface area (Å²) >= 11 is -1.87. The third-order valence-corrected chi connectivity index (χ3v) is 16.6. The molecule has 0 unspecified atom stereocenters. The van der Waals surface area contributed by atoms with Gasteiger partial charge in [-0.3, -0.25) is 0 Å². The van der Waals surface area contributed by atoms with Gasteiger partial charge in [0.25, 0.3) is 0 Å². The quantitative estimate of drug-likeness (QED) is 0.403. The first-order chi connectivity index (χ1) is 6.24. The predicted octanol–water partition coefficient (Wildman–Crippen LogP) is 4.23. The van der Waals surface area contributed by atoms with Crippen molar-refractivity contribution in [2.45, 2.75) is 60.3 Å². The summed E-state index contributed by atoms with van der Waals surface area (Å²) in [7, 11) is 0. The fourth-order valence-corrected chi connectivity index (χ4v) is 8.75. The SMILES string of the molecule is CCCCC#[C][Sn]([CH2]C)([CH2]C)[CH2]C. The molecule has 0 spiro atoms. The summed E-state index contributed by atoms with van der Waals surface area (Å²) in [6, 6.07) is 0. The normalized spacial score (nSPS) is 10.8. The van der Waals surface area contributed by atoms with Crippen LogP contribution in [0.1, 0.15) is 47.0 Å². The van der Waals surface area contributed by atoms with Crippen LogP contribution in [0.25, 0.3) is 0 Å². The van der Waals surface area contributed by atoms with E-state index in [1.807, 2.05) is 0 Å². The minimum atomic E-state index is -1.87. The van der Waals surface area contributed by atoms with Crippen LogP contribution < -0.4 is 0 Å². The molecule has 0 aliphatic heterocycles. The van der Waals surface area contributed by atoms with E-state index in [-0.39, 0.29) is 0 Å². The molecule has 0 saturated carbocycles. The summed E-state index contributed by atoms with van der Waals surface area (Å²) < 4.78 is 7.89. The molecule has 0 heterocycles. The number of unbranched alkanes of at least 4 members (excludes halogenated alkanes) is 2. The molecule has 0 aromatic rings. The van der Waals surface area contributed by atoms with Gasteiger partial charge in [-0.25, -0.2) is 0 Å². The maximum absolute atomic E-state index is 3.68. The molecule has 0 saturated heterocycles. The van der Waals surface area contributed by atoms with Crippen LogP contribution in [0.4, 0.5) is 0 Å². The topological polar surface area (TPSA) is 0 Å². The minimum absolute atomic E-state index is 1.13. The van der Waals surface area contributed by atoms with E-state index in [0.29, 0.717) is 0 Å². The van der Waals surface area contributed by atoms with Crippen LogP contribution in [0.5, 0.6) is 0 Å². The zero-order chi connectivity index (χ0) is 10.2. The summed E-state index contributed by atoms with van der Waals surface area (Å²) in [5.41, 5.74) is 0. The first-order valence-electron chi connectivity index (χ1n) is 5.74. The van der Waals surface area contributed by atoms with Crippen molar-refractivity contribution >= 4 is 18.4 Å². The Balaban J connectivity index is 4.11. The zero-order valence-electron chi connectivity index (χ0n) is 9.74. The van der Waals surface area contributed by atoms with Crippen LogP contribution in [-0.2, 0) is 0 Å². The third kappa shape index (κ3) is 4.96. The molecule has 0 amide bonds. The van der Waals surface area contributed by atoms with Crippen LogP contribution in [0.15, 0.2) is 0 Å². The fourth-order valence-electron chi connectivity index (χ4n) is 1.53. The van der Waals surface area contributed by atoms with Gasteiger partial charge in [-0.15, -0.1) is 0 Å². The van der Waals surface area contributed by atoms with Crippen LogP contribution in [0.2, 0.25) is 13.3 Å². The van der Waals surface area contributed by atoms with E-state index in [1.54, 1.807) is 0 Å². The molecule has 0 N–H and O–H groups in total. The van der Waals surface area contributed by atoms with Gasteiger partial charge >= 0.3 is 88.5 Å². The second kappa shape index (κ2) is 7.73. The molecule has 0 fully saturated rings. The first-order valence-corrected chi connectivity index (χ1v) is 13.2. The van der Waals surface area contributed by atoms with Gasteiger partial charge in [0.15, 0.2) is 0 Å². The Hall–Kier alpha value is 0.359. The van der Waals surface area contributed by atoms with Crippen molar-refractivity contribution in [3.8, 4) is 9.86 Å². The summed E-state index contributed by atoms with van der Waals surface area (Å²) in [5, 5.41) is 0. The van der Waals surface area contributed by atoms with Gasteiger partial charge < -0.3 is 0 Å². The van der Waals surface area contributed by atoms with Crippen LogP contribution in [-0.4, -0.2) is 18.4 Å². The number of hydrogen-bond donors (Lipinski definition) is 0. The predicted molar refractivity (Wildman–Crippen MR) is 64.5 cm³/mol. The second-order valence-electron chi connectivity index (χ2n) is 3.75.